The Morgan fingerprint density at radius 1 is 1.00 bits per heavy atom. The number of likely N-dealkylation sites (tertiary alicyclic amines) is 1. The number of piperidine rings is 1. The third kappa shape index (κ3) is 3.77. The Kier molecular flexibility index (Phi) is 5.67. The second kappa shape index (κ2) is 8.86. The van der Waals surface area contributed by atoms with Gasteiger partial charge in [0.1, 0.15) is 5.75 Å². The van der Waals surface area contributed by atoms with Crippen LogP contribution in [0, 0.1) is 0 Å². The number of rotatable bonds is 6. The molecule has 0 radical (unpaired) electrons. The summed E-state index contributed by atoms with van der Waals surface area (Å²) in [5.41, 5.74) is 3.62. The molecule has 2 aromatic carbocycles. The van der Waals surface area contributed by atoms with E-state index in [1.54, 1.807) is 19.2 Å². The number of benzene rings is 2. The molecule has 0 bridgehead atoms. The summed E-state index contributed by atoms with van der Waals surface area (Å²) < 4.78 is 5.51. The number of nitrogens with one attached hydrogen (secondary N) is 1. The molecule has 0 aliphatic carbocycles. The Morgan fingerprint density at radius 2 is 1.77 bits per heavy atom. The summed E-state index contributed by atoms with van der Waals surface area (Å²) >= 11 is 0. The van der Waals surface area contributed by atoms with Crippen molar-refractivity contribution in [1.82, 2.24) is 9.80 Å². The minimum Gasteiger partial charge on any atom is -0.497 e. The maximum atomic E-state index is 12.6. The number of hydrogen-bond donors (Lipinski definition) is 1. The van der Waals surface area contributed by atoms with Crippen molar-refractivity contribution in [2.45, 2.75) is 50.1 Å². The monoisotopic (exact) mass is 474 g/mol. The molecular formula is C28H34N4O3. The van der Waals surface area contributed by atoms with Gasteiger partial charge in [-0.15, -0.1) is 0 Å². The molecule has 1 N–H and O–H groups in total. The lowest BCUT2D eigenvalue weighted by molar-refractivity contribution is 0.0648. The molecule has 2 atom stereocenters. The molecule has 7 nitrogen and oxygen atoms in total. The summed E-state index contributed by atoms with van der Waals surface area (Å²) in [5.74, 6) is 0.596. The number of ether oxygens (including phenoxy) is 1. The number of amides is 2. The molecule has 184 valence electrons. The zero-order valence-electron chi connectivity index (χ0n) is 20.5. The number of anilines is 2. The first-order chi connectivity index (χ1) is 17.1. The summed E-state index contributed by atoms with van der Waals surface area (Å²) in [4.78, 5) is 31.9. The highest BCUT2D eigenvalue weighted by Gasteiger charge is 2.50. The van der Waals surface area contributed by atoms with Gasteiger partial charge in [-0.1, -0.05) is 12.1 Å². The predicted molar refractivity (Wildman–Crippen MR) is 136 cm³/mol. The topological polar surface area (TPSA) is 65.1 Å². The molecule has 0 saturated carbocycles. The Hall–Kier alpha value is -3.06. The van der Waals surface area contributed by atoms with Crippen LogP contribution in [0.3, 0.4) is 0 Å². The summed E-state index contributed by atoms with van der Waals surface area (Å²) in [5, 5.41) is 3.98. The Morgan fingerprint density at radius 3 is 2.54 bits per heavy atom. The fourth-order valence-corrected chi connectivity index (χ4v) is 6.76. The number of imide groups is 1. The standard InChI is InChI=1S/C28H34N4O3/c1-35-20-11-12-24-23(18-20)29-28(25-10-6-17-31(24)25)13-7-15-30(19-28)14-4-5-16-32-26(33)21-8-2-3-9-22(21)27(32)34/h2-3,8-9,11-12,18,25,29H,4-7,10,13-17,19H2,1H3. The molecule has 4 heterocycles. The molecule has 0 aromatic heterocycles. The van der Waals surface area contributed by atoms with E-state index in [0.717, 1.165) is 44.8 Å². The second-order valence-corrected chi connectivity index (χ2v) is 10.4. The number of hydrogen-bond acceptors (Lipinski definition) is 6. The highest BCUT2D eigenvalue weighted by molar-refractivity contribution is 6.21. The van der Waals surface area contributed by atoms with Crippen molar-refractivity contribution in [3.05, 3.63) is 53.6 Å². The lowest BCUT2D eigenvalue weighted by Gasteiger charge is -2.54. The molecular weight excluding hydrogens is 440 g/mol. The fourth-order valence-electron chi connectivity index (χ4n) is 6.76. The number of carbonyl (C=O) groups excluding carboxylic acids is 2. The molecule has 35 heavy (non-hydrogen) atoms. The van der Waals surface area contributed by atoms with Gasteiger partial charge >= 0.3 is 0 Å². The van der Waals surface area contributed by atoms with Gasteiger partial charge in [-0.05, 0) is 75.9 Å². The number of carbonyl (C=O) groups is 2. The molecule has 4 aliphatic heterocycles. The molecule has 2 amide bonds. The Bertz CT molecular complexity index is 1120. The van der Waals surface area contributed by atoms with Crippen molar-refractivity contribution in [2.75, 3.05) is 50.1 Å². The van der Waals surface area contributed by atoms with Crippen LogP contribution in [-0.2, 0) is 0 Å². The normalized spacial score (nSPS) is 25.5. The lowest BCUT2D eigenvalue weighted by atomic mass is 9.78. The van der Waals surface area contributed by atoms with E-state index >= 15 is 0 Å². The maximum Gasteiger partial charge on any atom is 0.261 e. The molecule has 2 aromatic rings. The minimum atomic E-state index is -0.149. The Balaban J connectivity index is 1.09. The molecule has 2 fully saturated rings. The summed E-state index contributed by atoms with van der Waals surface area (Å²) in [6, 6.07) is 14.1. The van der Waals surface area contributed by atoms with Crippen LogP contribution >= 0.6 is 0 Å². The molecule has 7 heteroatoms. The highest BCUT2D eigenvalue weighted by atomic mass is 16.5. The summed E-state index contributed by atoms with van der Waals surface area (Å²) in [6.07, 6.45) is 6.62. The van der Waals surface area contributed by atoms with Gasteiger partial charge < -0.3 is 19.9 Å². The van der Waals surface area contributed by atoms with E-state index in [-0.39, 0.29) is 17.4 Å². The number of nitrogens with zero attached hydrogens (tertiary/aromatic N) is 3. The third-order valence-electron chi connectivity index (χ3n) is 8.37. The third-order valence-corrected chi connectivity index (χ3v) is 8.37. The Labute approximate surface area is 207 Å². The quantitative estimate of drug-likeness (QED) is 0.504. The molecule has 6 rings (SSSR count). The van der Waals surface area contributed by atoms with Gasteiger partial charge in [0.25, 0.3) is 11.8 Å². The smallest absolute Gasteiger partial charge is 0.261 e. The fraction of sp³-hybridized carbons (Fsp3) is 0.500. The van der Waals surface area contributed by atoms with Crippen molar-refractivity contribution in [2.24, 2.45) is 0 Å². The van der Waals surface area contributed by atoms with E-state index in [4.69, 9.17) is 4.74 Å². The van der Waals surface area contributed by atoms with Gasteiger partial charge in [-0.25, -0.2) is 0 Å². The van der Waals surface area contributed by atoms with E-state index in [2.05, 4.69) is 33.3 Å². The van der Waals surface area contributed by atoms with Crippen LogP contribution in [0.15, 0.2) is 42.5 Å². The van der Waals surface area contributed by atoms with Gasteiger partial charge in [0.05, 0.1) is 41.2 Å². The zero-order valence-corrected chi connectivity index (χ0v) is 20.5. The van der Waals surface area contributed by atoms with Crippen LogP contribution in [0.1, 0.15) is 59.2 Å². The number of unbranched alkanes of at least 4 members (excludes halogenated alkanes) is 1. The first-order valence-corrected chi connectivity index (χ1v) is 13.0. The summed E-state index contributed by atoms with van der Waals surface area (Å²) in [7, 11) is 1.73. The van der Waals surface area contributed by atoms with Crippen molar-refractivity contribution >= 4 is 23.2 Å². The van der Waals surface area contributed by atoms with Gasteiger partial charge in [-0.2, -0.15) is 0 Å². The summed E-state index contributed by atoms with van der Waals surface area (Å²) in [6.45, 7) is 4.73. The first-order valence-electron chi connectivity index (χ1n) is 13.0. The van der Waals surface area contributed by atoms with Crippen LogP contribution in [0.4, 0.5) is 11.4 Å². The second-order valence-electron chi connectivity index (χ2n) is 10.4. The van der Waals surface area contributed by atoms with Crippen LogP contribution in [0.5, 0.6) is 5.75 Å². The van der Waals surface area contributed by atoms with Gasteiger partial charge in [-0.3, -0.25) is 14.5 Å². The minimum absolute atomic E-state index is 0.0522. The van der Waals surface area contributed by atoms with Crippen molar-refractivity contribution in [3.8, 4) is 5.75 Å². The molecule has 2 unspecified atom stereocenters. The largest absolute Gasteiger partial charge is 0.497 e. The van der Waals surface area contributed by atoms with Gasteiger partial charge in [0, 0.05) is 25.7 Å². The van der Waals surface area contributed by atoms with Gasteiger partial charge in [0.2, 0.25) is 0 Å². The van der Waals surface area contributed by atoms with Crippen LogP contribution < -0.4 is 15.0 Å². The maximum absolute atomic E-state index is 12.6. The predicted octanol–water partition coefficient (Wildman–Crippen LogP) is 4.00. The van der Waals surface area contributed by atoms with E-state index in [1.165, 1.54) is 42.0 Å². The molecule has 2 saturated heterocycles. The van der Waals surface area contributed by atoms with Crippen LogP contribution in [-0.4, -0.2) is 73.0 Å². The van der Waals surface area contributed by atoms with Crippen LogP contribution in [0.2, 0.25) is 0 Å². The SMILES string of the molecule is COc1ccc2c(c1)NC1(CCCN(CCCCN3C(=O)c4ccccc4C3=O)C1)C1CCCN21. The lowest BCUT2D eigenvalue weighted by Crippen LogP contribution is -2.65. The average molecular weight is 475 g/mol. The average Bonchev–Trinajstić information content (AvgIpc) is 3.47. The van der Waals surface area contributed by atoms with Crippen molar-refractivity contribution in [1.29, 1.82) is 0 Å². The van der Waals surface area contributed by atoms with Gasteiger partial charge in [0.15, 0.2) is 0 Å². The van der Waals surface area contributed by atoms with Crippen molar-refractivity contribution < 1.29 is 14.3 Å². The number of methoxy groups -OCH3 is 1. The number of fused-ring (bicyclic) bond motifs is 5. The van der Waals surface area contributed by atoms with E-state index < -0.39 is 0 Å². The van der Waals surface area contributed by atoms with E-state index in [9.17, 15) is 9.59 Å². The highest BCUT2D eigenvalue weighted by Crippen LogP contribution is 2.47. The zero-order chi connectivity index (χ0) is 24.0. The van der Waals surface area contributed by atoms with E-state index in [1.807, 2.05) is 12.1 Å². The van der Waals surface area contributed by atoms with E-state index in [0.29, 0.717) is 23.7 Å². The molecule has 1 spiro atoms. The molecule has 4 aliphatic rings. The van der Waals surface area contributed by atoms with Crippen LogP contribution in [0.25, 0.3) is 0 Å². The first kappa shape index (κ1) is 22.4. The van der Waals surface area contributed by atoms with Crippen molar-refractivity contribution in [3.63, 3.8) is 0 Å².